The molecule has 0 aliphatic carbocycles. The Balaban J connectivity index is 2.40. The molecule has 6 heteroatoms. The number of rotatable bonds is 2. The summed E-state index contributed by atoms with van der Waals surface area (Å²) in [6.07, 6.45) is 0. The van der Waals surface area contributed by atoms with E-state index >= 15 is 0 Å². The molecule has 0 fully saturated rings. The first-order valence-corrected chi connectivity index (χ1v) is 9.01. The summed E-state index contributed by atoms with van der Waals surface area (Å²) in [7, 11) is 0. The third-order valence-electron chi connectivity index (χ3n) is 2.19. The van der Waals surface area contributed by atoms with Crippen molar-refractivity contribution in [3.05, 3.63) is 52.5 Å². The van der Waals surface area contributed by atoms with Crippen LogP contribution in [0.15, 0.2) is 36.3 Å². The van der Waals surface area contributed by atoms with E-state index in [1.165, 1.54) is 5.56 Å². The largest absolute Gasteiger partial charge is 0.121 e. The highest BCUT2D eigenvalue weighted by Gasteiger charge is 2.17. The quantitative estimate of drug-likeness (QED) is 0.366. The maximum Gasteiger partial charge on any atom is 0.0757 e. The minimum atomic E-state index is 0.130. The van der Waals surface area contributed by atoms with Gasteiger partial charge in [0, 0.05) is 4.47 Å². The Hall–Kier alpha value is 1.13. The van der Waals surface area contributed by atoms with Crippen LogP contribution in [0, 0.1) is 0 Å². The summed E-state index contributed by atoms with van der Waals surface area (Å²) >= 11 is 21.9. The van der Waals surface area contributed by atoms with Gasteiger partial charge in [-0.1, -0.05) is 33.6 Å². The number of hydrogen-bond acceptors (Lipinski definition) is 1. The molecule has 0 N–H and O–H groups in total. The van der Waals surface area contributed by atoms with Crippen LogP contribution in [-0.4, -0.2) is 0 Å². The van der Waals surface area contributed by atoms with Gasteiger partial charge < -0.3 is 0 Å². The van der Waals surface area contributed by atoms with Crippen LogP contribution in [0.4, 0.5) is 0 Å². The molecule has 0 bridgehead atoms. The summed E-state index contributed by atoms with van der Waals surface area (Å²) < 4.78 is 3.13. The zero-order chi connectivity index (χ0) is 12.6. The van der Waals surface area contributed by atoms with E-state index in [0.717, 1.165) is 22.6 Å². The van der Waals surface area contributed by atoms with Gasteiger partial charge in [-0.25, -0.2) is 0 Å². The molecule has 0 aliphatic rings. The standard InChI is InChI=1S/C11H5Br4ClS/c12-7-2-1-5(3-8(7)16)10(14)6-4-9(13)17-11(6)15/h1-4,10H. The summed E-state index contributed by atoms with van der Waals surface area (Å²) in [6.45, 7) is 0. The molecule has 1 aromatic carbocycles. The van der Waals surface area contributed by atoms with Crippen molar-refractivity contribution in [1.82, 2.24) is 0 Å². The average Bonchev–Trinajstić information content (AvgIpc) is 2.61. The maximum absolute atomic E-state index is 6.10. The maximum atomic E-state index is 6.10. The van der Waals surface area contributed by atoms with Crippen molar-refractivity contribution in [3.8, 4) is 0 Å². The molecule has 2 aromatic rings. The molecular weight excluding hydrogens is 519 g/mol. The molecule has 0 amide bonds. The Morgan fingerprint density at radius 1 is 1.12 bits per heavy atom. The molecule has 1 heterocycles. The highest BCUT2D eigenvalue weighted by atomic mass is 79.9. The smallest absolute Gasteiger partial charge is 0.0757 e. The number of halogens is 5. The van der Waals surface area contributed by atoms with Crippen LogP contribution < -0.4 is 0 Å². The van der Waals surface area contributed by atoms with Crippen LogP contribution in [0.3, 0.4) is 0 Å². The molecule has 0 saturated heterocycles. The van der Waals surface area contributed by atoms with Gasteiger partial charge in [-0.2, -0.15) is 0 Å². The molecule has 0 spiro atoms. The summed E-state index contributed by atoms with van der Waals surface area (Å²) in [6, 6.07) is 8.07. The summed E-state index contributed by atoms with van der Waals surface area (Å²) in [4.78, 5) is 0.130. The topological polar surface area (TPSA) is 0 Å². The monoisotopic (exact) mass is 520 g/mol. The number of alkyl halides is 1. The van der Waals surface area contributed by atoms with E-state index in [9.17, 15) is 0 Å². The van der Waals surface area contributed by atoms with Gasteiger partial charge in [0.2, 0.25) is 0 Å². The van der Waals surface area contributed by atoms with Crippen LogP contribution in [0.5, 0.6) is 0 Å². The molecule has 0 aliphatic heterocycles. The fourth-order valence-corrected chi connectivity index (χ4v) is 5.82. The van der Waals surface area contributed by atoms with Crippen molar-refractivity contribution in [2.24, 2.45) is 0 Å². The Kier molecular flexibility index (Phi) is 5.18. The van der Waals surface area contributed by atoms with Gasteiger partial charge in [-0.15, -0.1) is 11.3 Å². The fraction of sp³-hybridized carbons (Fsp3) is 0.0909. The van der Waals surface area contributed by atoms with Crippen LogP contribution in [-0.2, 0) is 0 Å². The second-order valence-corrected chi connectivity index (χ2v) is 9.24. The van der Waals surface area contributed by atoms with Crippen molar-refractivity contribution in [2.45, 2.75) is 4.83 Å². The molecule has 1 atom stereocenters. The van der Waals surface area contributed by atoms with Gasteiger partial charge in [0.1, 0.15) is 0 Å². The van der Waals surface area contributed by atoms with E-state index < -0.39 is 0 Å². The predicted octanol–water partition coefficient (Wildman–Crippen LogP) is 7.17. The second-order valence-electron chi connectivity index (χ2n) is 3.32. The third kappa shape index (κ3) is 3.37. The van der Waals surface area contributed by atoms with Crippen molar-refractivity contribution in [3.63, 3.8) is 0 Å². The Morgan fingerprint density at radius 3 is 2.35 bits per heavy atom. The average molecular weight is 524 g/mol. The van der Waals surface area contributed by atoms with E-state index in [4.69, 9.17) is 11.6 Å². The van der Waals surface area contributed by atoms with E-state index in [-0.39, 0.29) is 4.83 Å². The minimum Gasteiger partial charge on any atom is -0.121 e. The second kappa shape index (κ2) is 6.06. The Morgan fingerprint density at radius 2 is 1.82 bits per heavy atom. The highest BCUT2D eigenvalue weighted by Crippen LogP contribution is 2.42. The molecule has 17 heavy (non-hydrogen) atoms. The third-order valence-corrected chi connectivity index (χ3v) is 6.83. The first-order valence-electron chi connectivity index (χ1n) is 4.53. The van der Waals surface area contributed by atoms with Crippen LogP contribution in [0.25, 0.3) is 0 Å². The van der Waals surface area contributed by atoms with Crippen LogP contribution in [0.1, 0.15) is 16.0 Å². The Labute approximate surface area is 142 Å². The van der Waals surface area contributed by atoms with Crippen molar-refractivity contribution in [1.29, 1.82) is 0 Å². The first-order chi connectivity index (χ1) is 7.99. The summed E-state index contributed by atoms with van der Waals surface area (Å²) in [5, 5.41) is 0.720. The first kappa shape index (κ1) is 14.5. The molecule has 2 rings (SSSR count). The van der Waals surface area contributed by atoms with Crippen LogP contribution >= 0.6 is 86.7 Å². The lowest BCUT2D eigenvalue weighted by Crippen LogP contribution is -1.91. The summed E-state index contributed by atoms with van der Waals surface area (Å²) in [5.41, 5.74) is 2.32. The molecule has 1 unspecified atom stereocenters. The van der Waals surface area contributed by atoms with E-state index in [2.05, 4.69) is 69.8 Å². The zero-order valence-electron chi connectivity index (χ0n) is 8.18. The van der Waals surface area contributed by atoms with E-state index in [1.54, 1.807) is 11.3 Å². The van der Waals surface area contributed by atoms with Gasteiger partial charge in [-0.3, -0.25) is 0 Å². The van der Waals surface area contributed by atoms with Crippen LogP contribution in [0.2, 0.25) is 5.02 Å². The Bertz CT molecular complexity index is 552. The molecule has 0 nitrogen and oxygen atoms in total. The highest BCUT2D eigenvalue weighted by molar-refractivity contribution is 9.12. The molecule has 0 saturated carbocycles. The molecule has 1 aromatic heterocycles. The minimum absolute atomic E-state index is 0.130. The lowest BCUT2D eigenvalue weighted by Gasteiger charge is -2.10. The summed E-state index contributed by atoms with van der Waals surface area (Å²) in [5.74, 6) is 0. The normalized spacial score (nSPS) is 12.8. The lowest BCUT2D eigenvalue weighted by atomic mass is 10.1. The zero-order valence-corrected chi connectivity index (χ0v) is 16.1. The number of hydrogen-bond donors (Lipinski definition) is 0. The lowest BCUT2D eigenvalue weighted by molar-refractivity contribution is 1.18. The van der Waals surface area contributed by atoms with Crippen molar-refractivity contribution < 1.29 is 0 Å². The van der Waals surface area contributed by atoms with Gasteiger partial charge in [0.05, 0.1) is 17.4 Å². The van der Waals surface area contributed by atoms with Gasteiger partial charge in [-0.05, 0) is 77.1 Å². The molecular formula is C11H5Br4ClS. The van der Waals surface area contributed by atoms with Gasteiger partial charge in [0.15, 0.2) is 0 Å². The molecule has 90 valence electrons. The fourth-order valence-electron chi connectivity index (χ4n) is 1.38. The number of benzene rings is 1. The molecule has 0 radical (unpaired) electrons. The van der Waals surface area contributed by atoms with Crippen molar-refractivity contribution >= 4 is 86.7 Å². The van der Waals surface area contributed by atoms with Gasteiger partial charge in [0.25, 0.3) is 0 Å². The SMILES string of the molecule is Clc1cc(C(Br)c2cc(Br)sc2Br)ccc1Br. The van der Waals surface area contributed by atoms with Gasteiger partial charge >= 0.3 is 0 Å². The number of thiophene rings is 1. The van der Waals surface area contributed by atoms with E-state index in [0.29, 0.717) is 0 Å². The predicted molar refractivity (Wildman–Crippen MR) is 89.6 cm³/mol. The van der Waals surface area contributed by atoms with Crippen molar-refractivity contribution in [2.75, 3.05) is 0 Å². The van der Waals surface area contributed by atoms with E-state index in [1.807, 2.05) is 18.2 Å².